The van der Waals surface area contributed by atoms with Gasteiger partial charge in [-0.3, -0.25) is 4.79 Å². The van der Waals surface area contributed by atoms with Gasteiger partial charge in [-0.1, -0.05) is 18.0 Å². The average molecular weight is 295 g/mol. The Kier molecular flexibility index (Phi) is 3.61. The number of phenolic OH excluding ortho intramolecular Hbond substituents is 1. The number of hydrogen-bond acceptors (Lipinski definition) is 3. The summed E-state index contributed by atoms with van der Waals surface area (Å²) in [7, 11) is 0. The molecule has 0 aromatic heterocycles. The highest BCUT2D eigenvalue weighted by Crippen LogP contribution is 2.36. The van der Waals surface area contributed by atoms with Gasteiger partial charge in [0.15, 0.2) is 0 Å². The number of aromatic hydroxyl groups is 1. The number of benzene rings is 1. The first-order valence-electron chi connectivity index (χ1n) is 7.09. The van der Waals surface area contributed by atoms with Crippen LogP contribution in [-0.2, 0) is 0 Å². The van der Waals surface area contributed by atoms with E-state index in [2.05, 4.69) is 0 Å². The number of phenols is 1. The zero-order valence-corrected chi connectivity index (χ0v) is 12.0. The number of halogens is 1. The lowest BCUT2D eigenvalue weighted by Gasteiger charge is -2.29. The molecular weight excluding hydrogens is 276 g/mol. The van der Waals surface area contributed by atoms with Crippen molar-refractivity contribution in [1.82, 2.24) is 4.90 Å². The first kappa shape index (κ1) is 13.7. The number of likely N-dealkylation sites (tertiary alicyclic amines) is 1. The van der Waals surface area contributed by atoms with Crippen LogP contribution in [0.3, 0.4) is 0 Å². The second kappa shape index (κ2) is 5.26. The lowest BCUT2D eigenvalue weighted by molar-refractivity contribution is 0.0780. The van der Waals surface area contributed by atoms with Gasteiger partial charge in [-0.25, -0.2) is 0 Å². The molecule has 108 valence electrons. The molecule has 1 aromatic rings. The summed E-state index contributed by atoms with van der Waals surface area (Å²) in [5, 5.41) is 10.3. The average Bonchev–Trinajstić information content (AvgIpc) is 2.86. The van der Waals surface area contributed by atoms with Gasteiger partial charge in [-0.05, 0) is 42.9 Å². The molecule has 0 spiro atoms. The molecule has 2 aliphatic rings. The molecule has 1 aliphatic heterocycles. The zero-order valence-electron chi connectivity index (χ0n) is 11.3. The van der Waals surface area contributed by atoms with Gasteiger partial charge >= 0.3 is 0 Å². The van der Waals surface area contributed by atoms with Crippen molar-refractivity contribution in [1.29, 1.82) is 0 Å². The van der Waals surface area contributed by atoms with Crippen LogP contribution in [0.15, 0.2) is 18.2 Å². The molecule has 4 nitrogen and oxygen atoms in total. The third kappa shape index (κ3) is 2.38. The summed E-state index contributed by atoms with van der Waals surface area (Å²) >= 11 is 5.91. The van der Waals surface area contributed by atoms with Crippen molar-refractivity contribution in [3.05, 3.63) is 28.8 Å². The Morgan fingerprint density at radius 3 is 2.90 bits per heavy atom. The number of nitrogens with zero attached hydrogens (tertiary/aromatic N) is 1. The Morgan fingerprint density at radius 1 is 1.35 bits per heavy atom. The highest BCUT2D eigenvalue weighted by Gasteiger charge is 2.40. The smallest absolute Gasteiger partial charge is 0.257 e. The van der Waals surface area contributed by atoms with Crippen LogP contribution in [0.2, 0.25) is 5.02 Å². The van der Waals surface area contributed by atoms with Crippen LogP contribution in [0.5, 0.6) is 5.75 Å². The third-order valence-electron chi connectivity index (χ3n) is 4.63. The first-order valence-corrected chi connectivity index (χ1v) is 7.47. The van der Waals surface area contributed by atoms with Gasteiger partial charge in [-0.15, -0.1) is 0 Å². The van der Waals surface area contributed by atoms with Crippen molar-refractivity contribution >= 4 is 17.5 Å². The van der Waals surface area contributed by atoms with Crippen LogP contribution >= 0.6 is 11.6 Å². The number of carbonyl (C=O) groups is 1. The molecule has 1 aliphatic carbocycles. The zero-order chi connectivity index (χ0) is 14.3. The fraction of sp³-hybridized carbons (Fsp3) is 0.533. The summed E-state index contributed by atoms with van der Waals surface area (Å²) in [6.45, 7) is 1.43. The maximum atomic E-state index is 12.5. The molecule has 1 aromatic carbocycles. The van der Waals surface area contributed by atoms with Gasteiger partial charge < -0.3 is 15.7 Å². The Hall–Kier alpha value is -1.26. The minimum atomic E-state index is -0.147. The molecule has 3 N–H and O–H groups in total. The van der Waals surface area contributed by atoms with Crippen molar-refractivity contribution < 1.29 is 9.90 Å². The van der Waals surface area contributed by atoms with Gasteiger partial charge in [0.25, 0.3) is 5.91 Å². The van der Waals surface area contributed by atoms with E-state index in [1.54, 1.807) is 6.07 Å². The number of amides is 1. The Labute approximate surface area is 123 Å². The molecule has 1 saturated carbocycles. The molecule has 0 radical (unpaired) electrons. The summed E-state index contributed by atoms with van der Waals surface area (Å²) in [6.07, 6.45) is 3.34. The second-order valence-corrected chi connectivity index (χ2v) is 6.33. The molecule has 20 heavy (non-hydrogen) atoms. The normalized spacial score (nSPS) is 29.3. The SMILES string of the molecule is NC1CCCC2CN(C(=O)c3cc(Cl)ccc3O)CC12. The van der Waals surface area contributed by atoms with E-state index in [9.17, 15) is 9.90 Å². The van der Waals surface area contributed by atoms with Gasteiger partial charge in [-0.2, -0.15) is 0 Å². The van der Waals surface area contributed by atoms with E-state index in [-0.39, 0.29) is 23.3 Å². The monoisotopic (exact) mass is 294 g/mol. The first-order chi connectivity index (χ1) is 9.56. The summed E-state index contributed by atoms with van der Waals surface area (Å²) in [6, 6.07) is 4.76. The van der Waals surface area contributed by atoms with Crippen molar-refractivity contribution in [2.24, 2.45) is 17.6 Å². The minimum absolute atomic E-state index is 0.0152. The molecule has 1 heterocycles. The number of nitrogens with two attached hydrogens (primary N) is 1. The van der Waals surface area contributed by atoms with Gasteiger partial charge in [0.2, 0.25) is 0 Å². The molecule has 3 atom stereocenters. The molecule has 0 bridgehead atoms. The molecule has 5 heteroatoms. The van der Waals surface area contributed by atoms with E-state index in [0.29, 0.717) is 23.4 Å². The van der Waals surface area contributed by atoms with Crippen LogP contribution in [0.1, 0.15) is 29.6 Å². The van der Waals surface area contributed by atoms with E-state index in [1.807, 2.05) is 4.90 Å². The van der Waals surface area contributed by atoms with Crippen LogP contribution in [0.4, 0.5) is 0 Å². The topological polar surface area (TPSA) is 66.6 Å². The van der Waals surface area contributed by atoms with E-state index in [1.165, 1.54) is 12.1 Å². The van der Waals surface area contributed by atoms with Crippen LogP contribution in [-0.4, -0.2) is 35.0 Å². The number of hydrogen-bond donors (Lipinski definition) is 2. The van der Waals surface area contributed by atoms with Gasteiger partial charge in [0.1, 0.15) is 5.75 Å². The highest BCUT2D eigenvalue weighted by molar-refractivity contribution is 6.31. The Morgan fingerprint density at radius 2 is 2.15 bits per heavy atom. The lowest BCUT2D eigenvalue weighted by Crippen LogP contribution is -2.38. The number of carbonyl (C=O) groups excluding carboxylic acids is 1. The third-order valence-corrected chi connectivity index (χ3v) is 4.87. The van der Waals surface area contributed by atoms with Crippen LogP contribution < -0.4 is 5.73 Å². The molecule has 1 saturated heterocycles. The second-order valence-electron chi connectivity index (χ2n) is 5.89. The van der Waals surface area contributed by atoms with Gasteiger partial charge in [0, 0.05) is 24.2 Å². The van der Waals surface area contributed by atoms with Crippen LogP contribution in [0, 0.1) is 11.8 Å². The molecule has 2 fully saturated rings. The lowest BCUT2D eigenvalue weighted by atomic mass is 9.78. The predicted octanol–water partition coefficient (Wildman–Crippen LogP) is 2.25. The van der Waals surface area contributed by atoms with Crippen molar-refractivity contribution in [2.75, 3.05) is 13.1 Å². The summed E-state index contributed by atoms with van der Waals surface area (Å²) in [5.41, 5.74) is 6.45. The summed E-state index contributed by atoms with van der Waals surface area (Å²) in [4.78, 5) is 14.3. The largest absolute Gasteiger partial charge is 0.507 e. The maximum absolute atomic E-state index is 12.5. The van der Waals surface area contributed by atoms with Crippen molar-refractivity contribution in [2.45, 2.75) is 25.3 Å². The predicted molar refractivity (Wildman–Crippen MR) is 77.8 cm³/mol. The quantitative estimate of drug-likeness (QED) is 0.835. The van der Waals surface area contributed by atoms with E-state index < -0.39 is 0 Å². The van der Waals surface area contributed by atoms with E-state index >= 15 is 0 Å². The van der Waals surface area contributed by atoms with Crippen molar-refractivity contribution in [3.8, 4) is 5.75 Å². The van der Waals surface area contributed by atoms with Gasteiger partial charge in [0.05, 0.1) is 5.56 Å². The van der Waals surface area contributed by atoms with Crippen molar-refractivity contribution in [3.63, 3.8) is 0 Å². The Bertz CT molecular complexity index is 535. The molecule has 3 rings (SSSR count). The standard InChI is InChI=1S/C15H19ClN2O2/c16-10-4-5-14(19)11(6-10)15(20)18-7-9-2-1-3-13(17)12(9)8-18/h4-6,9,12-13,19H,1-3,7-8,17H2. The summed E-state index contributed by atoms with van der Waals surface area (Å²) < 4.78 is 0. The molecular formula is C15H19ClN2O2. The number of rotatable bonds is 1. The van der Waals surface area contributed by atoms with Crippen LogP contribution in [0.25, 0.3) is 0 Å². The fourth-order valence-corrected chi connectivity index (χ4v) is 3.70. The van der Waals surface area contributed by atoms with E-state index in [0.717, 1.165) is 25.8 Å². The fourth-order valence-electron chi connectivity index (χ4n) is 3.53. The maximum Gasteiger partial charge on any atom is 0.257 e. The van der Waals surface area contributed by atoms with E-state index in [4.69, 9.17) is 17.3 Å². The highest BCUT2D eigenvalue weighted by atomic mass is 35.5. The number of fused-ring (bicyclic) bond motifs is 1. The molecule has 3 unspecified atom stereocenters. The summed E-state index contributed by atoms with van der Waals surface area (Å²) in [5.74, 6) is 0.739. The Balaban J connectivity index is 1.80. The minimum Gasteiger partial charge on any atom is -0.507 e. The molecule has 1 amide bonds.